The van der Waals surface area contributed by atoms with Crippen molar-refractivity contribution in [2.75, 3.05) is 19.6 Å². The zero-order valence-electron chi connectivity index (χ0n) is 56.7. The molecule has 0 spiro atoms. The zero-order chi connectivity index (χ0) is 65.5. The molecule has 0 heterocycles. The lowest BCUT2D eigenvalue weighted by Gasteiger charge is -2.30. The minimum atomic E-state index is -0.00790. The molecule has 4 nitrogen and oxygen atoms in total. The van der Waals surface area contributed by atoms with E-state index in [0.29, 0.717) is 0 Å². The summed E-state index contributed by atoms with van der Waals surface area (Å²) in [5.41, 5.74) is 22.8. The summed E-state index contributed by atoms with van der Waals surface area (Å²) < 4.78 is 0. The highest BCUT2D eigenvalue weighted by Crippen LogP contribution is 2.50. The third-order valence-electron chi connectivity index (χ3n) is 18.5. The van der Waals surface area contributed by atoms with Gasteiger partial charge >= 0.3 is 0 Å². The van der Waals surface area contributed by atoms with Gasteiger partial charge in [0.2, 0.25) is 0 Å². The van der Waals surface area contributed by atoms with Crippen LogP contribution in [0.3, 0.4) is 0 Å². The lowest BCUT2D eigenvalue weighted by Crippen LogP contribution is -2.14. The van der Waals surface area contributed by atoms with Crippen molar-refractivity contribution in [1.82, 2.24) is 0 Å². The van der Waals surface area contributed by atoms with Crippen molar-refractivity contribution in [1.29, 1.82) is 0 Å². The Morgan fingerprint density at radius 1 is 0.170 bits per heavy atom. The van der Waals surface area contributed by atoms with Gasteiger partial charge < -0.3 is 19.6 Å². The molecule has 0 aliphatic heterocycles. The Labute approximate surface area is 558 Å². The van der Waals surface area contributed by atoms with Crippen molar-refractivity contribution in [3.05, 3.63) is 326 Å². The van der Waals surface area contributed by atoms with E-state index >= 15 is 0 Å². The smallest absolute Gasteiger partial charge is 0.0468 e. The monoisotopic (exact) mass is 1220 g/mol. The summed E-state index contributed by atoms with van der Waals surface area (Å²) in [6, 6.07) is 113. The van der Waals surface area contributed by atoms with Crippen molar-refractivity contribution in [3.63, 3.8) is 0 Å². The van der Waals surface area contributed by atoms with E-state index in [1.807, 2.05) is 0 Å². The van der Waals surface area contributed by atoms with Crippen LogP contribution in [0.5, 0.6) is 0 Å². The summed E-state index contributed by atoms with van der Waals surface area (Å²) >= 11 is 0. The molecule has 13 aromatic rings. The normalized spacial score (nSPS) is 12.0. The molecule has 0 bridgehead atoms. The van der Waals surface area contributed by atoms with E-state index in [0.717, 1.165) is 112 Å². The van der Waals surface area contributed by atoms with Gasteiger partial charge in [-0.25, -0.2) is 0 Å². The van der Waals surface area contributed by atoms with Crippen LogP contribution >= 0.6 is 0 Å². The number of nitrogens with zero attached hydrogens (tertiary/aromatic N) is 4. The summed E-state index contributed by atoms with van der Waals surface area (Å²) in [7, 11) is 0. The fourth-order valence-electron chi connectivity index (χ4n) is 13.2. The molecule has 0 saturated carbocycles. The second-order valence-electron chi connectivity index (χ2n) is 29.2. The van der Waals surface area contributed by atoms with Crippen LogP contribution in [0, 0.1) is 0 Å². The van der Waals surface area contributed by atoms with Crippen LogP contribution in [-0.2, 0) is 21.7 Å². The van der Waals surface area contributed by atoms with Gasteiger partial charge in [0.1, 0.15) is 0 Å². The molecular formula is C90H86N4. The van der Waals surface area contributed by atoms with Crippen LogP contribution in [0.15, 0.2) is 303 Å². The molecule has 0 atom stereocenters. The number of benzene rings is 13. The average Bonchev–Trinajstić information content (AvgIpc) is 0.723. The van der Waals surface area contributed by atoms with Gasteiger partial charge in [-0.15, -0.1) is 0 Å². The molecule has 13 rings (SSSR count). The maximum atomic E-state index is 2.46. The van der Waals surface area contributed by atoms with Crippen LogP contribution in [0.2, 0.25) is 0 Å². The van der Waals surface area contributed by atoms with Crippen molar-refractivity contribution >= 4 is 89.8 Å². The Morgan fingerprint density at radius 3 is 0.564 bits per heavy atom. The predicted octanol–water partition coefficient (Wildman–Crippen LogP) is 26.4. The molecule has 0 amide bonds. The van der Waals surface area contributed by atoms with Gasteiger partial charge in [0.15, 0.2) is 0 Å². The van der Waals surface area contributed by atoms with E-state index in [4.69, 9.17) is 0 Å². The molecule has 0 aliphatic rings. The van der Waals surface area contributed by atoms with Crippen LogP contribution in [0.4, 0.5) is 68.2 Å². The lowest BCUT2D eigenvalue weighted by molar-refractivity contribution is 0.590. The number of fused-ring (bicyclic) bond motifs is 2. The van der Waals surface area contributed by atoms with Gasteiger partial charge in [0.05, 0.1) is 0 Å². The van der Waals surface area contributed by atoms with Crippen LogP contribution in [0.1, 0.15) is 105 Å². The minimum Gasteiger partial charge on any atom is -0.311 e. The fourth-order valence-corrected chi connectivity index (χ4v) is 13.2. The molecule has 0 N–H and O–H groups in total. The quantitative estimate of drug-likeness (QED) is 0.101. The molecule has 0 aliphatic carbocycles. The van der Waals surface area contributed by atoms with E-state index in [1.165, 1.54) is 22.3 Å². The van der Waals surface area contributed by atoms with E-state index in [-0.39, 0.29) is 21.7 Å². The van der Waals surface area contributed by atoms with Gasteiger partial charge in [-0.3, -0.25) is 0 Å². The van der Waals surface area contributed by atoms with E-state index in [9.17, 15) is 0 Å². The van der Waals surface area contributed by atoms with E-state index in [2.05, 4.69) is 406 Å². The minimum absolute atomic E-state index is 0.00790. The van der Waals surface area contributed by atoms with Crippen molar-refractivity contribution in [3.8, 4) is 22.3 Å². The first-order valence-corrected chi connectivity index (χ1v) is 33.2. The first-order chi connectivity index (χ1) is 45.2. The maximum absolute atomic E-state index is 2.46. The Balaban J connectivity index is 1.10. The molecule has 4 heteroatoms. The fraction of sp³-hybridized carbons (Fsp3) is 0.178. The van der Waals surface area contributed by atoms with Crippen molar-refractivity contribution in [2.45, 2.75) is 105 Å². The van der Waals surface area contributed by atoms with E-state index in [1.54, 1.807) is 0 Å². The highest BCUT2D eigenvalue weighted by atomic mass is 15.2. The maximum Gasteiger partial charge on any atom is 0.0468 e. The summed E-state index contributed by atoms with van der Waals surface area (Å²) in [6.07, 6.45) is 0. The van der Waals surface area contributed by atoms with Gasteiger partial charge in [-0.1, -0.05) is 241 Å². The molecule has 0 radical (unpaired) electrons. The first-order valence-electron chi connectivity index (χ1n) is 33.2. The second kappa shape index (κ2) is 25.2. The molecule has 466 valence electrons. The van der Waals surface area contributed by atoms with Crippen LogP contribution in [0.25, 0.3) is 43.8 Å². The zero-order valence-corrected chi connectivity index (χ0v) is 56.7. The third-order valence-corrected chi connectivity index (χ3v) is 18.5. The van der Waals surface area contributed by atoms with Gasteiger partial charge in [-0.05, 0) is 233 Å². The highest BCUT2D eigenvalue weighted by molar-refractivity contribution is 6.23. The summed E-state index contributed by atoms with van der Waals surface area (Å²) in [5.74, 6) is 0. The standard InChI is InChI=1S/C90H86N4/c1-87(2,3)65-37-49-75(50-38-65)93(76-51-39-66(40-52-76)88(4,5)6)79-57-59-81-83(61-79)85(63-33-45-73(46-34-63)91(69-25-17-13-18-26-69)70-27-19-14-20-28-70)82-60-58-80(94(77-53-41-67(42-54-77)89(7,8)9)78-55-43-68(44-56-78)90(10,11)12)62-84(82)86(81)64-35-47-74(48-36-64)92(71-29-21-15-22-30-71)72-31-23-16-24-32-72/h13-62H,1-12H3. The molecule has 0 aromatic heterocycles. The highest BCUT2D eigenvalue weighted by Gasteiger charge is 2.26. The Bertz CT molecular complexity index is 4220. The number of hydrogen-bond donors (Lipinski definition) is 0. The molecule has 13 aromatic carbocycles. The Kier molecular flexibility index (Phi) is 16.7. The molecular weight excluding hydrogens is 1140 g/mol. The van der Waals surface area contributed by atoms with Crippen LogP contribution in [-0.4, -0.2) is 0 Å². The third kappa shape index (κ3) is 12.8. The van der Waals surface area contributed by atoms with E-state index < -0.39 is 0 Å². The Morgan fingerprint density at radius 2 is 0.351 bits per heavy atom. The van der Waals surface area contributed by atoms with Gasteiger partial charge in [0, 0.05) is 68.2 Å². The molecule has 0 saturated heterocycles. The first kappa shape index (κ1) is 62.4. The van der Waals surface area contributed by atoms with Gasteiger partial charge in [0.25, 0.3) is 0 Å². The van der Waals surface area contributed by atoms with Crippen molar-refractivity contribution in [2.24, 2.45) is 0 Å². The number of para-hydroxylation sites is 4. The summed E-state index contributed by atoms with van der Waals surface area (Å²) in [6.45, 7) is 27.5. The summed E-state index contributed by atoms with van der Waals surface area (Å²) in [5, 5.41) is 4.61. The topological polar surface area (TPSA) is 13.0 Å². The molecule has 0 fully saturated rings. The van der Waals surface area contributed by atoms with Crippen molar-refractivity contribution < 1.29 is 0 Å². The second-order valence-corrected chi connectivity index (χ2v) is 29.2. The average molecular weight is 1220 g/mol. The SMILES string of the molecule is CC(C)(C)c1ccc(N(c2ccc(C(C)(C)C)cc2)c2ccc3c(-c4ccc(N(c5ccccc5)c5ccccc5)cc4)c4cc(N(c5ccc(C(C)(C)C)cc5)c5ccc(C(C)(C)C)cc5)ccc4c(-c4ccc(N(c5ccccc5)c5ccccc5)cc4)c3c2)cc1. The summed E-state index contributed by atoms with van der Waals surface area (Å²) in [4.78, 5) is 9.58. The predicted molar refractivity (Wildman–Crippen MR) is 406 cm³/mol. The van der Waals surface area contributed by atoms with Crippen LogP contribution < -0.4 is 19.6 Å². The van der Waals surface area contributed by atoms with Gasteiger partial charge in [-0.2, -0.15) is 0 Å². The largest absolute Gasteiger partial charge is 0.311 e. The molecule has 94 heavy (non-hydrogen) atoms. The number of anilines is 12. The lowest BCUT2D eigenvalue weighted by atomic mass is 9.85. The number of rotatable bonds is 14. The number of hydrogen-bond acceptors (Lipinski definition) is 4. The Hall–Kier alpha value is -10.4. The molecule has 0 unspecified atom stereocenters.